The molecular formula is C19H27N5O. The second kappa shape index (κ2) is 7.35. The molecule has 6 heteroatoms. The molecule has 0 spiro atoms. The predicted octanol–water partition coefficient (Wildman–Crippen LogP) is 2.62. The molecule has 1 fully saturated rings. The van der Waals surface area contributed by atoms with E-state index in [-0.39, 0.29) is 11.9 Å². The average Bonchev–Trinajstić information content (AvgIpc) is 3.23. The molecule has 3 rings (SSSR count). The summed E-state index contributed by atoms with van der Waals surface area (Å²) in [5.74, 6) is 2.36. The topological polar surface area (TPSA) is 54.3 Å². The normalized spacial score (nSPS) is 17.7. The average molecular weight is 341 g/mol. The SMILES string of the molecule is CC(C)c1nccn1-c1cccc(C2CCCN2C(=O)CN(C)C)n1. The zero-order chi connectivity index (χ0) is 18.0. The van der Waals surface area contributed by atoms with E-state index >= 15 is 0 Å². The van der Waals surface area contributed by atoms with Crippen molar-refractivity contribution in [2.45, 2.75) is 38.6 Å². The number of likely N-dealkylation sites (tertiary alicyclic amines) is 1. The molecular weight excluding hydrogens is 314 g/mol. The summed E-state index contributed by atoms with van der Waals surface area (Å²) in [6, 6.07) is 6.12. The van der Waals surface area contributed by atoms with Crippen LogP contribution in [0, 0.1) is 0 Å². The highest BCUT2D eigenvalue weighted by atomic mass is 16.2. The van der Waals surface area contributed by atoms with Crippen molar-refractivity contribution in [2.24, 2.45) is 0 Å². The largest absolute Gasteiger partial charge is 0.333 e. The second-order valence-electron chi connectivity index (χ2n) is 7.21. The first-order valence-electron chi connectivity index (χ1n) is 8.92. The molecule has 0 aliphatic carbocycles. The fourth-order valence-corrected chi connectivity index (χ4v) is 3.43. The number of nitrogens with zero attached hydrogens (tertiary/aromatic N) is 5. The quantitative estimate of drug-likeness (QED) is 0.839. The number of hydrogen-bond acceptors (Lipinski definition) is 4. The molecule has 0 saturated carbocycles. The molecule has 0 radical (unpaired) electrons. The molecule has 1 atom stereocenters. The van der Waals surface area contributed by atoms with Gasteiger partial charge in [0.15, 0.2) is 0 Å². The minimum absolute atomic E-state index is 0.0680. The third-order valence-corrected chi connectivity index (χ3v) is 4.55. The Balaban J connectivity index is 1.88. The summed E-state index contributed by atoms with van der Waals surface area (Å²) in [7, 11) is 3.85. The number of carbonyl (C=O) groups excluding carboxylic acids is 1. The third-order valence-electron chi connectivity index (χ3n) is 4.55. The molecule has 2 aromatic rings. The van der Waals surface area contributed by atoms with Gasteiger partial charge < -0.3 is 9.80 Å². The van der Waals surface area contributed by atoms with Crippen molar-refractivity contribution in [1.82, 2.24) is 24.3 Å². The van der Waals surface area contributed by atoms with E-state index in [9.17, 15) is 4.79 Å². The van der Waals surface area contributed by atoms with Gasteiger partial charge in [-0.2, -0.15) is 0 Å². The smallest absolute Gasteiger partial charge is 0.237 e. The van der Waals surface area contributed by atoms with Crippen molar-refractivity contribution in [1.29, 1.82) is 0 Å². The van der Waals surface area contributed by atoms with Gasteiger partial charge in [0.25, 0.3) is 0 Å². The second-order valence-corrected chi connectivity index (χ2v) is 7.21. The molecule has 6 nitrogen and oxygen atoms in total. The number of hydrogen-bond donors (Lipinski definition) is 0. The maximum atomic E-state index is 12.5. The Hall–Kier alpha value is -2.21. The van der Waals surface area contributed by atoms with Crippen LogP contribution in [0.4, 0.5) is 0 Å². The molecule has 3 heterocycles. The zero-order valence-electron chi connectivity index (χ0n) is 15.5. The highest BCUT2D eigenvalue weighted by molar-refractivity contribution is 5.79. The van der Waals surface area contributed by atoms with Gasteiger partial charge in [-0.1, -0.05) is 19.9 Å². The molecule has 1 unspecified atom stereocenters. The number of imidazole rings is 1. The zero-order valence-corrected chi connectivity index (χ0v) is 15.5. The summed E-state index contributed by atoms with van der Waals surface area (Å²) in [5, 5.41) is 0. The van der Waals surface area contributed by atoms with E-state index in [4.69, 9.17) is 4.98 Å². The highest BCUT2D eigenvalue weighted by Crippen LogP contribution is 2.31. The van der Waals surface area contributed by atoms with Crippen molar-refractivity contribution in [3.63, 3.8) is 0 Å². The molecule has 0 aromatic carbocycles. The molecule has 1 saturated heterocycles. The van der Waals surface area contributed by atoms with E-state index in [0.717, 1.165) is 36.7 Å². The third kappa shape index (κ3) is 3.74. The van der Waals surface area contributed by atoms with Crippen LogP contribution >= 0.6 is 0 Å². The van der Waals surface area contributed by atoms with E-state index < -0.39 is 0 Å². The van der Waals surface area contributed by atoms with Crippen LogP contribution in [-0.2, 0) is 4.79 Å². The summed E-state index contributed by atoms with van der Waals surface area (Å²) in [5.41, 5.74) is 0.963. The van der Waals surface area contributed by atoms with Crippen molar-refractivity contribution < 1.29 is 4.79 Å². The van der Waals surface area contributed by atoms with Gasteiger partial charge in [-0.3, -0.25) is 9.36 Å². The van der Waals surface area contributed by atoms with Gasteiger partial charge in [-0.15, -0.1) is 0 Å². The van der Waals surface area contributed by atoms with Gasteiger partial charge in [0, 0.05) is 24.9 Å². The maximum absolute atomic E-state index is 12.5. The standard InChI is InChI=1S/C19H27N5O/c1-14(2)19-20-10-12-24(19)17-9-5-7-15(21-17)16-8-6-11-23(16)18(25)13-22(3)4/h5,7,9-10,12,14,16H,6,8,11,13H2,1-4H3. The number of aromatic nitrogens is 3. The molecule has 134 valence electrons. The lowest BCUT2D eigenvalue weighted by atomic mass is 10.1. The summed E-state index contributed by atoms with van der Waals surface area (Å²) in [6.45, 7) is 5.50. The van der Waals surface area contributed by atoms with Gasteiger partial charge in [-0.05, 0) is 39.1 Å². The van der Waals surface area contributed by atoms with Gasteiger partial charge in [-0.25, -0.2) is 9.97 Å². The Kier molecular flexibility index (Phi) is 5.18. The van der Waals surface area contributed by atoms with Gasteiger partial charge in [0.1, 0.15) is 11.6 Å². The van der Waals surface area contributed by atoms with Gasteiger partial charge in [0.2, 0.25) is 5.91 Å². The number of pyridine rings is 1. The van der Waals surface area contributed by atoms with E-state index in [1.54, 1.807) is 0 Å². The summed E-state index contributed by atoms with van der Waals surface area (Å²) in [6.07, 6.45) is 5.76. The lowest BCUT2D eigenvalue weighted by Crippen LogP contribution is -2.37. The van der Waals surface area contributed by atoms with Gasteiger partial charge >= 0.3 is 0 Å². The van der Waals surface area contributed by atoms with Crippen LogP contribution in [0.3, 0.4) is 0 Å². The summed E-state index contributed by atoms with van der Waals surface area (Å²) < 4.78 is 2.04. The molecule has 1 amide bonds. The predicted molar refractivity (Wildman–Crippen MR) is 97.7 cm³/mol. The number of amides is 1. The minimum Gasteiger partial charge on any atom is -0.333 e. The monoisotopic (exact) mass is 341 g/mol. The lowest BCUT2D eigenvalue weighted by Gasteiger charge is -2.26. The van der Waals surface area contributed by atoms with E-state index in [1.165, 1.54) is 0 Å². The van der Waals surface area contributed by atoms with E-state index in [2.05, 4.69) is 18.8 Å². The number of rotatable bonds is 5. The van der Waals surface area contributed by atoms with Crippen LogP contribution in [0.1, 0.15) is 50.2 Å². The molecule has 0 bridgehead atoms. The van der Waals surface area contributed by atoms with Crippen LogP contribution in [0.15, 0.2) is 30.6 Å². The fraction of sp³-hybridized carbons (Fsp3) is 0.526. The van der Waals surface area contributed by atoms with E-state index in [1.807, 2.05) is 59.1 Å². The van der Waals surface area contributed by atoms with Crippen LogP contribution in [0.25, 0.3) is 5.82 Å². The van der Waals surface area contributed by atoms with Crippen molar-refractivity contribution in [2.75, 3.05) is 27.2 Å². The highest BCUT2D eigenvalue weighted by Gasteiger charge is 2.31. The van der Waals surface area contributed by atoms with Crippen LogP contribution < -0.4 is 0 Å². The van der Waals surface area contributed by atoms with Crippen molar-refractivity contribution in [3.05, 3.63) is 42.1 Å². The Morgan fingerprint density at radius 2 is 2.16 bits per heavy atom. The first-order chi connectivity index (χ1) is 12.0. The Morgan fingerprint density at radius 3 is 2.88 bits per heavy atom. The molecule has 0 N–H and O–H groups in total. The first kappa shape index (κ1) is 17.6. The summed E-state index contributed by atoms with van der Waals surface area (Å²) >= 11 is 0. The van der Waals surface area contributed by atoms with Crippen molar-refractivity contribution in [3.8, 4) is 5.82 Å². The fourth-order valence-electron chi connectivity index (χ4n) is 3.43. The molecule has 1 aliphatic heterocycles. The van der Waals surface area contributed by atoms with Gasteiger partial charge in [0.05, 0.1) is 18.3 Å². The molecule has 2 aromatic heterocycles. The molecule has 25 heavy (non-hydrogen) atoms. The Morgan fingerprint density at radius 1 is 1.36 bits per heavy atom. The number of likely N-dealkylation sites (N-methyl/N-ethyl adjacent to an activating group) is 1. The summed E-state index contributed by atoms with van der Waals surface area (Å²) in [4.78, 5) is 25.7. The Labute approximate surface area is 149 Å². The minimum atomic E-state index is 0.0680. The van der Waals surface area contributed by atoms with Crippen LogP contribution in [0.5, 0.6) is 0 Å². The maximum Gasteiger partial charge on any atom is 0.237 e. The van der Waals surface area contributed by atoms with Crippen LogP contribution in [0.2, 0.25) is 0 Å². The van der Waals surface area contributed by atoms with Crippen LogP contribution in [-0.4, -0.2) is 57.4 Å². The first-order valence-corrected chi connectivity index (χ1v) is 8.92. The Bertz CT molecular complexity index is 737. The van der Waals surface area contributed by atoms with E-state index in [0.29, 0.717) is 12.5 Å². The molecule has 1 aliphatic rings. The number of carbonyl (C=O) groups is 1. The lowest BCUT2D eigenvalue weighted by molar-refractivity contribution is -0.132. The van der Waals surface area contributed by atoms with Crippen molar-refractivity contribution >= 4 is 5.91 Å².